The smallest absolute Gasteiger partial charge is 0.419 e. The van der Waals surface area contributed by atoms with Gasteiger partial charge in [-0.05, 0) is 50.3 Å². The van der Waals surface area contributed by atoms with Gasteiger partial charge in [-0.25, -0.2) is 4.79 Å². The van der Waals surface area contributed by atoms with Gasteiger partial charge in [-0.15, -0.1) is 0 Å². The van der Waals surface area contributed by atoms with Crippen molar-refractivity contribution in [3.05, 3.63) is 52.5 Å². The molecule has 0 fully saturated rings. The molecule has 3 aromatic rings. The first-order valence-electron chi connectivity index (χ1n) is 9.70. The molecule has 0 aliphatic heterocycles. The number of hydrogen-bond acceptors (Lipinski definition) is 6. The van der Waals surface area contributed by atoms with Gasteiger partial charge in [0.2, 0.25) is 5.91 Å². The molecule has 0 saturated heterocycles. The van der Waals surface area contributed by atoms with Gasteiger partial charge in [-0.2, -0.15) is 0 Å². The van der Waals surface area contributed by atoms with E-state index in [4.69, 9.17) is 13.9 Å². The van der Waals surface area contributed by atoms with Crippen LogP contribution in [0.4, 0.5) is 5.69 Å². The Kier molecular flexibility index (Phi) is 6.79. The molecule has 0 saturated carbocycles. The van der Waals surface area contributed by atoms with Crippen LogP contribution < -0.4 is 20.5 Å². The fourth-order valence-corrected chi connectivity index (χ4v) is 3.27. The minimum atomic E-state index is -0.402. The first-order valence-corrected chi connectivity index (χ1v) is 9.70. The maximum absolute atomic E-state index is 12.5. The maximum atomic E-state index is 12.5. The standard InChI is InChI=1S/C22H27N3O5/c1-24(2)12-13-25-17-14-16(9-10-18(17)30-22(25)27)23-20(26)11-8-15-6-5-7-19(28-3)21(15)29-4/h5-7,9-10,14H,8,11-13H2,1-4H3,(H,23,26). The van der Waals surface area contributed by atoms with Crippen molar-refractivity contribution in [3.63, 3.8) is 0 Å². The number of aryl methyl sites for hydroxylation is 1. The van der Waals surface area contributed by atoms with E-state index in [9.17, 15) is 9.59 Å². The molecule has 30 heavy (non-hydrogen) atoms. The summed E-state index contributed by atoms with van der Waals surface area (Å²) in [6.45, 7) is 1.21. The molecule has 0 unspecified atom stereocenters. The van der Waals surface area contributed by atoms with Gasteiger partial charge in [0.05, 0.1) is 19.7 Å². The summed E-state index contributed by atoms with van der Waals surface area (Å²) in [4.78, 5) is 26.6. The molecule has 1 aromatic heterocycles. The van der Waals surface area contributed by atoms with E-state index < -0.39 is 5.76 Å². The average Bonchev–Trinajstić information content (AvgIpc) is 3.04. The second kappa shape index (κ2) is 9.49. The molecule has 1 amide bonds. The normalized spacial score (nSPS) is 11.1. The van der Waals surface area contributed by atoms with E-state index in [-0.39, 0.29) is 12.3 Å². The molecule has 0 radical (unpaired) electrons. The zero-order valence-corrected chi connectivity index (χ0v) is 17.7. The van der Waals surface area contributed by atoms with Gasteiger partial charge in [0.1, 0.15) is 0 Å². The molecule has 1 N–H and O–H groups in total. The Morgan fingerprint density at radius 2 is 1.97 bits per heavy atom. The number of nitrogens with one attached hydrogen (secondary N) is 1. The SMILES string of the molecule is COc1cccc(CCC(=O)Nc2ccc3oc(=O)n(CCN(C)C)c3c2)c1OC. The van der Waals surface area contributed by atoms with Crippen molar-refractivity contribution in [2.45, 2.75) is 19.4 Å². The van der Waals surface area contributed by atoms with Crippen molar-refractivity contribution in [2.75, 3.05) is 40.2 Å². The Morgan fingerprint density at radius 1 is 1.17 bits per heavy atom. The van der Waals surface area contributed by atoms with E-state index in [0.717, 1.165) is 5.56 Å². The van der Waals surface area contributed by atoms with Gasteiger partial charge >= 0.3 is 5.76 Å². The van der Waals surface area contributed by atoms with E-state index in [0.29, 0.717) is 47.8 Å². The number of likely N-dealkylation sites (N-methyl/N-ethyl adjacent to an activating group) is 1. The van der Waals surface area contributed by atoms with Crippen molar-refractivity contribution in [3.8, 4) is 11.5 Å². The molecule has 0 bridgehead atoms. The summed E-state index contributed by atoms with van der Waals surface area (Å²) in [6.07, 6.45) is 0.786. The van der Waals surface area contributed by atoms with Crippen LogP contribution in [0.5, 0.6) is 11.5 Å². The van der Waals surface area contributed by atoms with Crippen molar-refractivity contribution in [2.24, 2.45) is 0 Å². The Hall–Kier alpha value is -3.26. The highest BCUT2D eigenvalue weighted by molar-refractivity contribution is 5.93. The number of para-hydroxylation sites is 1. The zero-order valence-electron chi connectivity index (χ0n) is 17.7. The third-order valence-corrected chi connectivity index (χ3v) is 4.83. The summed E-state index contributed by atoms with van der Waals surface area (Å²) in [5, 5.41) is 2.89. The Balaban J connectivity index is 1.71. The van der Waals surface area contributed by atoms with Crippen LogP contribution in [0.2, 0.25) is 0 Å². The second-order valence-corrected chi connectivity index (χ2v) is 7.21. The number of ether oxygens (including phenoxy) is 2. The summed E-state index contributed by atoms with van der Waals surface area (Å²) < 4.78 is 17.6. The largest absolute Gasteiger partial charge is 0.493 e. The topological polar surface area (TPSA) is 85.9 Å². The fraction of sp³-hybridized carbons (Fsp3) is 0.364. The number of nitrogens with zero attached hydrogens (tertiary/aromatic N) is 2. The van der Waals surface area contributed by atoms with Gasteiger partial charge in [0, 0.05) is 25.2 Å². The number of oxazole rings is 1. The van der Waals surface area contributed by atoms with E-state index in [1.54, 1.807) is 37.0 Å². The number of carbonyl (C=O) groups is 1. The third kappa shape index (κ3) is 4.83. The number of aromatic nitrogens is 1. The molecular weight excluding hydrogens is 386 g/mol. The second-order valence-electron chi connectivity index (χ2n) is 7.21. The maximum Gasteiger partial charge on any atom is 0.419 e. The van der Waals surface area contributed by atoms with Crippen molar-refractivity contribution >= 4 is 22.7 Å². The van der Waals surface area contributed by atoms with Crippen molar-refractivity contribution < 1.29 is 18.7 Å². The lowest BCUT2D eigenvalue weighted by molar-refractivity contribution is -0.116. The predicted molar refractivity (Wildman–Crippen MR) is 116 cm³/mol. The number of hydrogen-bond donors (Lipinski definition) is 1. The molecule has 3 rings (SSSR count). The van der Waals surface area contributed by atoms with E-state index in [2.05, 4.69) is 5.32 Å². The number of benzene rings is 2. The lowest BCUT2D eigenvalue weighted by Gasteiger charge is -2.12. The summed E-state index contributed by atoms with van der Waals surface area (Å²) >= 11 is 0. The van der Waals surface area contributed by atoms with Crippen LogP contribution in [-0.4, -0.2) is 50.2 Å². The molecule has 2 aromatic carbocycles. The van der Waals surface area contributed by atoms with Crippen molar-refractivity contribution in [1.29, 1.82) is 0 Å². The Labute approximate surface area is 175 Å². The van der Waals surface area contributed by atoms with Crippen LogP contribution >= 0.6 is 0 Å². The first-order chi connectivity index (χ1) is 14.4. The number of methoxy groups -OCH3 is 2. The van der Waals surface area contributed by atoms with Crippen LogP contribution in [0.3, 0.4) is 0 Å². The van der Waals surface area contributed by atoms with Gasteiger partial charge in [0.15, 0.2) is 17.1 Å². The Bertz CT molecular complexity index is 1080. The minimum Gasteiger partial charge on any atom is -0.493 e. The van der Waals surface area contributed by atoms with Crippen molar-refractivity contribution in [1.82, 2.24) is 9.47 Å². The molecular formula is C22H27N3O5. The predicted octanol–water partition coefficient (Wildman–Crippen LogP) is 2.74. The summed E-state index contributed by atoms with van der Waals surface area (Å²) in [6, 6.07) is 10.8. The van der Waals surface area contributed by atoms with Crippen LogP contribution in [-0.2, 0) is 17.8 Å². The molecule has 1 heterocycles. The van der Waals surface area contributed by atoms with Gasteiger partial charge in [-0.3, -0.25) is 9.36 Å². The number of amides is 1. The summed E-state index contributed by atoms with van der Waals surface area (Å²) in [7, 11) is 7.04. The first kappa shape index (κ1) is 21.4. The minimum absolute atomic E-state index is 0.134. The molecule has 0 spiro atoms. The number of fused-ring (bicyclic) bond motifs is 1. The fourth-order valence-electron chi connectivity index (χ4n) is 3.27. The van der Waals surface area contributed by atoms with Gasteiger partial charge < -0.3 is 24.1 Å². The zero-order chi connectivity index (χ0) is 21.7. The number of rotatable bonds is 9. The van der Waals surface area contributed by atoms with Gasteiger partial charge in [-0.1, -0.05) is 12.1 Å². The highest BCUT2D eigenvalue weighted by Gasteiger charge is 2.13. The molecule has 8 nitrogen and oxygen atoms in total. The van der Waals surface area contributed by atoms with Crippen LogP contribution in [0.1, 0.15) is 12.0 Å². The monoisotopic (exact) mass is 413 g/mol. The lowest BCUT2D eigenvalue weighted by Crippen LogP contribution is -2.23. The average molecular weight is 413 g/mol. The number of anilines is 1. The molecule has 0 aliphatic rings. The van der Waals surface area contributed by atoms with Crippen LogP contribution in [0.25, 0.3) is 11.1 Å². The molecule has 0 atom stereocenters. The molecule has 160 valence electrons. The molecule has 0 aliphatic carbocycles. The van der Waals surface area contributed by atoms with E-state index >= 15 is 0 Å². The van der Waals surface area contributed by atoms with Gasteiger partial charge in [0.25, 0.3) is 0 Å². The van der Waals surface area contributed by atoms with E-state index in [1.807, 2.05) is 37.2 Å². The quantitative estimate of drug-likeness (QED) is 0.581. The lowest BCUT2D eigenvalue weighted by atomic mass is 10.1. The third-order valence-electron chi connectivity index (χ3n) is 4.83. The highest BCUT2D eigenvalue weighted by Crippen LogP contribution is 2.31. The van der Waals surface area contributed by atoms with Crippen LogP contribution in [0, 0.1) is 0 Å². The molecule has 8 heteroatoms. The summed E-state index contributed by atoms with van der Waals surface area (Å²) in [5.74, 6) is 0.736. The number of carbonyl (C=O) groups excluding carboxylic acids is 1. The Morgan fingerprint density at radius 3 is 2.67 bits per heavy atom. The summed E-state index contributed by atoms with van der Waals surface area (Å²) in [5.41, 5.74) is 2.67. The van der Waals surface area contributed by atoms with Crippen LogP contribution in [0.15, 0.2) is 45.6 Å². The van der Waals surface area contributed by atoms with E-state index in [1.165, 1.54) is 0 Å². The highest BCUT2D eigenvalue weighted by atomic mass is 16.5.